The molecule has 0 spiro atoms. The van der Waals surface area contributed by atoms with Crippen molar-refractivity contribution in [1.29, 1.82) is 0 Å². The quantitative estimate of drug-likeness (QED) is 0.307. The van der Waals surface area contributed by atoms with Gasteiger partial charge in [0.05, 0.1) is 27.9 Å². The number of pyridine rings is 2. The number of ether oxygens (including phenoxy) is 1. The van der Waals surface area contributed by atoms with Crippen molar-refractivity contribution in [3.63, 3.8) is 0 Å². The zero-order chi connectivity index (χ0) is 23.1. The number of carbonyl (C=O) groups is 1. The van der Waals surface area contributed by atoms with Crippen molar-refractivity contribution in [1.82, 2.24) is 9.55 Å². The van der Waals surface area contributed by atoms with Gasteiger partial charge in [0, 0.05) is 11.8 Å². The number of rotatable bonds is 4. The van der Waals surface area contributed by atoms with E-state index in [9.17, 15) is 27.2 Å². The van der Waals surface area contributed by atoms with Crippen molar-refractivity contribution >= 4 is 28.6 Å². The van der Waals surface area contributed by atoms with E-state index < -0.39 is 63.4 Å². The SMILES string of the molecule is CC(C)(C)C(=O)Oc1c(-c2c(F)ccc(F)c2Cl)c(=O)n(CC(F)F)c2ncccc12. The lowest BCUT2D eigenvalue weighted by Crippen LogP contribution is -2.30. The molecule has 0 saturated heterocycles. The van der Waals surface area contributed by atoms with Crippen LogP contribution in [0.25, 0.3) is 22.2 Å². The number of nitrogens with zero attached hydrogens (tertiary/aromatic N) is 2. The molecule has 164 valence electrons. The summed E-state index contributed by atoms with van der Waals surface area (Å²) < 4.78 is 61.4. The number of halogens is 5. The van der Waals surface area contributed by atoms with Gasteiger partial charge in [-0.15, -0.1) is 0 Å². The van der Waals surface area contributed by atoms with Crippen molar-refractivity contribution in [3.05, 3.63) is 57.5 Å². The number of aromatic nitrogens is 2. The van der Waals surface area contributed by atoms with Crippen LogP contribution in [0, 0.1) is 17.0 Å². The molecule has 0 aliphatic heterocycles. The van der Waals surface area contributed by atoms with Crippen molar-refractivity contribution < 1.29 is 27.1 Å². The van der Waals surface area contributed by atoms with Crippen LogP contribution in [0.5, 0.6) is 5.75 Å². The van der Waals surface area contributed by atoms with E-state index in [0.29, 0.717) is 4.57 Å². The largest absolute Gasteiger partial charge is 0.424 e. The molecule has 0 N–H and O–H groups in total. The molecule has 0 fully saturated rings. The molecule has 0 amide bonds. The predicted octanol–water partition coefficient (Wildman–Crippen LogP) is 5.21. The average Bonchev–Trinajstić information content (AvgIpc) is 2.69. The Morgan fingerprint density at radius 2 is 1.81 bits per heavy atom. The first-order chi connectivity index (χ1) is 14.4. The van der Waals surface area contributed by atoms with E-state index in [2.05, 4.69) is 4.98 Å². The van der Waals surface area contributed by atoms with Gasteiger partial charge in [-0.05, 0) is 45.0 Å². The van der Waals surface area contributed by atoms with Gasteiger partial charge in [-0.2, -0.15) is 0 Å². The Hall–Kier alpha value is -2.94. The molecule has 0 unspecified atom stereocenters. The highest BCUT2D eigenvalue weighted by Gasteiger charge is 2.31. The van der Waals surface area contributed by atoms with Gasteiger partial charge in [-0.1, -0.05) is 11.6 Å². The number of benzene rings is 1. The zero-order valence-corrected chi connectivity index (χ0v) is 17.4. The molecule has 0 aliphatic rings. The Balaban J connectivity index is 2.51. The molecule has 0 radical (unpaired) electrons. The van der Waals surface area contributed by atoms with Gasteiger partial charge in [0.25, 0.3) is 12.0 Å². The fraction of sp³-hybridized carbons (Fsp3) is 0.286. The second-order valence-electron chi connectivity index (χ2n) is 7.74. The number of hydrogen-bond acceptors (Lipinski definition) is 4. The fourth-order valence-corrected chi connectivity index (χ4v) is 3.14. The summed E-state index contributed by atoms with van der Waals surface area (Å²) in [7, 11) is 0. The molecule has 5 nitrogen and oxygen atoms in total. The van der Waals surface area contributed by atoms with Crippen LogP contribution < -0.4 is 10.3 Å². The van der Waals surface area contributed by atoms with Crippen molar-refractivity contribution in [2.75, 3.05) is 0 Å². The molecule has 0 aliphatic carbocycles. The normalized spacial score (nSPS) is 11.9. The second kappa shape index (κ2) is 8.30. The maximum atomic E-state index is 14.7. The summed E-state index contributed by atoms with van der Waals surface area (Å²) >= 11 is 5.95. The summed E-state index contributed by atoms with van der Waals surface area (Å²) in [6.45, 7) is 3.57. The molecular formula is C21H17ClF4N2O3. The first-order valence-corrected chi connectivity index (χ1v) is 9.47. The number of alkyl halides is 2. The summed E-state index contributed by atoms with van der Waals surface area (Å²) in [5.41, 5.74) is -3.75. The highest BCUT2D eigenvalue weighted by molar-refractivity contribution is 6.33. The summed E-state index contributed by atoms with van der Waals surface area (Å²) in [6.07, 6.45) is -1.69. The fourth-order valence-electron chi connectivity index (χ4n) is 2.89. The van der Waals surface area contributed by atoms with Crippen LogP contribution in [0.3, 0.4) is 0 Å². The molecule has 0 saturated carbocycles. The Kier molecular flexibility index (Phi) is 6.09. The van der Waals surface area contributed by atoms with Gasteiger partial charge in [-0.25, -0.2) is 22.5 Å². The van der Waals surface area contributed by atoms with Crippen LogP contribution in [0.15, 0.2) is 35.3 Å². The van der Waals surface area contributed by atoms with E-state index in [4.69, 9.17) is 16.3 Å². The zero-order valence-electron chi connectivity index (χ0n) is 16.7. The smallest absolute Gasteiger partial charge is 0.316 e. The average molecular weight is 457 g/mol. The van der Waals surface area contributed by atoms with Gasteiger partial charge in [0.15, 0.2) is 5.75 Å². The van der Waals surface area contributed by atoms with Crippen LogP contribution >= 0.6 is 11.6 Å². The number of carbonyl (C=O) groups excluding carboxylic acids is 1. The maximum absolute atomic E-state index is 14.7. The standard InChI is InChI=1S/C21H17ClF4N2O3/c1-21(2,3)20(30)31-17-10-5-4-8-27-18(10)28(9-13(25)26)19(29)15(17)14-11(23)6-7-12(24)16(14)22/h4-8,13H,9H2,1-3H3. The number of esters is 1. The van der Waals surface area contributed by atoms with Gasteiger partial charge < -0.3 is 4.74 Å². The van der Waals surface area contributed by atoms with Crippen molar-refractivity contribution in [2.45, 2.75) is 33.7 Å². The van der Waals surface area contributed by atoms with Crippen LogP contribution in [0.1, 0.15) is 20.8 Å². The minimum atomic E-state index is -2.95. The van der Waals surface area contributed by atoms with E-state index in [-0.39, 0.29) is 11.0 Å². The third-order valence-corrected chi connectivity index (χ3v) is 4.76. The van der Waals surface area contributed by atoms with E-state index in [1.54, 1.807) is 20.8 Å². The summed E-state index contributed by atoms with van der Waals surface area (Å²) in [5.74, 6) is -3.37. The van der Waals surface area contributed by atoms with Crippen LogP contribution in [-0.4, -0.2) is 21.9 Å². The number of fused-ring (bicyclic) bond motifs is 1. The topological polar surface area (TPSA) is 61.2 Å². The lowest BCUT2D eigenvalue weighted by atomic mass is 9.97. The highest BCUT2D eigenvalue weighted by Crippen LogP contribution is 2.40. The van der Waals surface area contributed by atoms with E-state index in [1.807, 2.05) is 0 Å². The molecule has 10 heteroatoms. The summed E-state index contributed by atoms with van der Waals surface area (Å²) in [6, 6.07) is 4.27. The second-order valence-corrected chi connectivity index (χ2v) is 8.12. The summed E-state index contributed by atoms with van der Waals surface area (Å²) in [4.78, 5) is 29.8. The van der Waals surface area contributed by atoms with Gasteiger partial charge in [-0.3, -0.25) is 14.2 Å². The molecule has 3 aromatic rings. The third kappa shape index (κ3) is 4.27. The lowest BCUT2D eigenvalue weighted by molar-refractivity contribution is -0.142. The van der Waals surface area contributed by atoms with Crippen molar-refractivity contribution in [2.24, 2.45) is 5.41 Å². The highest BCUT2D eigenvalue weighted by atomic mass is 35.5. The van der Waals surface area contributed by atoms with E-state index in [1.165, 1.54) is 18.3 Å². The molecular weight excluding hydrogens is 440 g/mol. The lowest BCUT2D eigenvalue weighted by Gasteiger charge is -2.21. The van der Waals surface area contributed by atoms with Crippen LogP contribution in [0.2, 0.25) is 5.02 Å². The first-order valence-electron chi connectivity index (χ1n) is 9.09. The minimum Gasteiger partial charge on any atom is -0.424 e. The Labute approximate surface area is 179 Å². The molecule has 2 aromatic heterocycles. The molecule has 3 rings (SSSR count). The molecule has 0 atom stereocenters. The first kappa shape index (κ1) is 22.7. The molecule has 0 bridgehead atoms. The molecule has 1 aromatic carbocycles. The monoisotopic (exact) mass is 456 g/mol. The third-order valence-electron chi connectivity index (χ3n) is 4.39. The molecule has 2 heterocycles. The maximum Gasteiger partial charge on any atom is 0.316 e. The minimum absolute atomic E-state index is 0.0184. The van der Waals surface area contributed by atoms with Gasteiger partial charge in [0.2, 0.25) is 0 Å². The Morgan fingerprint density at radius 1 is 1.16 bits per heavy atom. The van der Waals surface area contributed by atoms with Crippen LogP contribution in [-0.2, 0) is 11.3 Å². The molecule has 31 heavy (non-hydrogen) atoms. The van der Waals surface area contributed by atoms with Crippen molar-refractivity contribution in [3.8, 4) is 16.9 Å². The Morgan fingerprint density at radius 3 is 2.42 bits per heavy atom. The van der Waals surface area contributed by atoms with E-state index in [0.717, 1.165) is 12.1 Å². The Bertz CT molecular complexity index is 1240. The van der Waals surface area contributed by atoms with E-state index >= 15 is 0 Å². The van der Waals surface area contributed by atoms with Gasteiger partial charge >= 0.3 is 5.97 Å². The predicted molar refractivity (Wildman–Crippen MR) is 107 cm³/mol. The number of hydrogen-bond donors (Lipinski definition) is 0. The van der Waals surface area contributed by atoms with Crippen LogP contribution in [0.4, 0.5) is 17.6 Å². The summed E-state index contributed by atoms with van der Waals surface area (Å²) in [5, 5.41) is -0.771. The van der Waals surface area contributed by atoms with Gasteiger partial charge in [0.1, 0.15) is 17.3 Å².